The number of hydrogen-bond acceptors (Lipinski definition) is 6. The molecule has 0 unspecified atom stereocenters. The monoisotopic (exact) mass is 407 g/mol. The van der Waals surface area contributed by atoms with Crippen LogP contribution in [0.5, 0.6) is 0 Å². The minimum Gasteiger partial charge on any atom is -0.353 e. The number of rotatable bonds is 4. The van der Waals surface area contributed by atoms with E-state index >= 15 is 0 Å². The quantitative estimate of drug-likeness (QED) is 0.838. The molecular weight excluding hydrogens is 378 g/mol. The highest BCUT2D eigenvalue weighted by Crippen LogP contribution is 2.25. The molecule has 7 nitrogen and oxygen atoms in total. The second kappa shape index (κ2) is 8.81. The van der Waals surface area contributed by atoms with Gasteiger partial charge in [0.2, 0.25) is 5.91 Å². The number of piperazine rings is 1. The van der Waals surface area contributed by atoms with Crippen LogP contribution in [0.4, 0.5) is 17.3 Å². The molecule has 1 saturated carbocycles. The van der Waals surface area contributed by atoms with Crippen LogP contribution in [0.2, 0.25) is 0 Å². The smallest absolute Gasteiger partial charge is 0.225 e. The summed E-state index contributed by atoms with van der Waals surface area (Å²) in [5, 5.41) is 3.36. The lowest BCUT2D eigenvalue weighted by atomic mass is 9.87. The summed E-state index contributed by atoms with van der Waals surface area (Å²) in [5.41, 5.74) is 2.21. The van der Waals surface area contributed by atoms with Crippen molar-refractivity contribution in [2.24, 2.45) is 5.92 Å². The first-order valence-corrected chi connectivity index (χ1v) is 10.7. The molecule has 1 saturated heterocycles. The number of nitrogens with one attached hydrogen (secondary N) is 1. The predicted octanol–water partition coefficient (Wildman–Crippen LogP) is 3.24. The van der Waals surface area contributed by atoms with Gasteiger partial charge in [-0.1, -0.05) is 17.7 Å². The molecule has 1 amide bonds. The van der Waals surface area contributed by atoms with Crippen molar-refractivity contribution in [3.05, 3.63) is 41.7 Å². The molecule has 1 aliphatic heterocycles. The number of hydrogen-bond donors (Lipinski definition) is 1. The van der Waals surface area contributed by atoms with Gasteiger partial charge in [-0.05, 0) is 38.8 Å². The number of aromatic nitrogens is 2. The Kier molecular flexibility index (Phi) is 5.97. The Bertz CT molecular complexity index is 910. The Morgan fingerprint density at radius 1 is 1.00 bits per heavy atom. The van der Waals surface area contributed by atoms with Crippen LogP contribution in [-0.2, 0) is 9.59 Å². The topological polar surface area (TPSA) is 78.4 Å². The molecule has 30 heavy (non-hydrogen) atoms. The Morgan fingerprint density at radius 2 is 1.67 bits per heavy atom. The van der Waals surface area contributed by atoms with Gasteiger partial charge in [0.15, 0.2) is 0 Å². The molecule has 0 spiro atoms. The molecule has 1 N–H and O–H groups in total. The first-order valence-electron chi connectivity index (χ1n) is 10.7. The van der Waals surface area contributed by atoms with Crippen molar-refractivity contribution < 1.29 is 9.59 Å². The van der Waals surface area contributed by atoms with Gasteiger partial charge in [-0.3, -0.25) is 9.59 Å². The minimum atomic E-state index is 0.0147. The van der Waals surface area contributed by atoms with E-state index in [9.17, 15) is 9.59 Å². The van der Waals surface area contributed by atoms with E-state index in [1.807, 2.05) is 30.0 Å². The fraction of sp³-hybridized carbons (Fsp3) is 0.478. The van der Waals surface area contributed by atoms with Crippen LogP contribution in [-0.4, -0.2) is 52.7 Å². The van der Waals surface area contributed by atoms with Crippen molar-refractivity contribution >= 4 is 29.0 Å². The average Bonchev–Trinajstić information content (AvgIpc) is 2.75. The highest BCUT2D eigenvalue weighted by Gasteiger charge is 2.30. The number of ketones is 1. The van der Waals surface area contributed by atoms with Crippen molar-refractivity contribution in [1.29, 1.82) is 0 Å². The van der Waals surface area contributed by atoms with Crippen LogP contribution in [0.15, 0.2) is 30.3 Å². The minimum absolute atomic E-state index is 0.0147. The van der Waals surface area contributed by atoms with Crippen molar-refractivity contribution in [2.45, 2.75) is 39.5 Å². The standard InChI is InChI=1S/C23H29N5O2/c1-16-3-7-19(8-4-16)26-21-15-22(25-17(2)24-21)27-11-13-28(14-12-27)23(30)18-5-9-20(29)10-6-18/h3-4,7-8,15,18H,5-6,9-14H2,1-2H3,(H,24,25,26). The molecule has 2 aliphatic rings. The lowest BCUT2D eigenvalue weighted by Gasteiger charge is -2.37. The van der Waals surface area contributed by atoms with Gasteiger partial charge >= 0.3 is 0 Å². The molecule has 2 heterocycles. The second-order valence-corrected chi connectivity index (χ2v) is 8.27. The lowest BCUT2D eigenvalue weighted by molar-refractivity contribution is -0.137. The normalized spacial score (nSPS) is 17.9. The van der Waals surface area contributed by atoms with Crippen LogP contribution in [0.1, 0.15) is 37.1 Å². The van der Waals surface area contributed by atoms with E-state index in [1.165, 1.54) is 5.56 Å². The number of amides is 1. The molecule has 0 radical (unpaired) electrons. The molecule has 1 aromatic heterocycles. The number of benzene rings is 1. The second-order valence-electron chi connectivity index (χ2n) is 8.27. The lowest BCUT2D eigenvalue weighted by Crippen LogP contribution is -2.51. The van der Waals surface area contributed by atoms with Gasteiger partial charge in [0.1, 0.15) is 23.2 Å². The zero-order valence-electron chi connectivity index (χ0n) is 17.7. The molecule has 1 aliphatic carbocycles. The largest absolute Gasteiger partial charge is 0.353 e. The SMILES string of the molecule is Cc1ccc(Nc2cc(N3CCN(C(=O)C4CCC(=O)CC4)CC3)nc(C)n2)cc1. The fourth-order valence-electron chi connectivity index (χ4n) is 4.16. The maximum Gasteiger partial charge on any atom is 0.225 e. The van der Waals surface area contributed by atoms with E-state index in [4.69, 9.17) is 0 Å². The average molecular weight is 408 g/mol. The van der Waals surface area contributed by atoms with E-state index in [1.54, 1.807) is 0 Å². The van der Waals surface area contributed by atoms with Crippen LogP contribution in [0.3, 0.4) is 0 Å². The summed E-state index contributed by atoms with van der Waals surface area (Å²) in [5.74, 6) is 2.88. The summed E-state index contributed by atoms with van der Waals surface area (Å²) in [6.45, 7) is 6.83. The fourth-order valence-corrected chi connectivity index (χ4v) is 4.16. The Morgan fingerprint density at radius 3 is 2.33 bits per heavy atom. The van der Waals surface area contributed by atoms with Crippen molar-refractivity contribution in [3.8, 4) is 0 Å². The third-order valence-corrected chi connectivity index (χ3v) is 5.96. The van der Waals surface area contributed by atoms with Gasteiger partial charge in [-0.2, -0.15) is 0 Å². The molecule has 4 rings (SSSR count). The van der Waals surface area contributed by atoms with Crippen LogP contribution >= 0.6 is 0 Å². The van der Waals surface area contributed by atoms with Crippen molar-refractivity contribution in [3.63, 3.8) is 0 Å². The number of carbonyl (C=O) groups is 2. The summed E-state index contributed by atoms with van der Waals surface area (Å²) < 4.78 is 0. The third kappa shape index (κ3) is 4.78. The predicted molar refractivity (Wildman–Crippen MR) is 117 cm³/mol. The van der Waals surface area contributed by atoms with E-state index in [0.717, 1.165) is 30.4 Å². The summed E-state index contributed by atoms with van der Waals surface area (Å²) >= 11 is 0. The molecule has 7 heteroatoms. The van der Waals surface area contributed by atoms with E-state index in [-0.39, 0.29) is 17.6 Å². The maximum absolute atomic E-state index is 12.8. The molecular formula is C23H29N5O2. The van der Waals surface area contributed by atoms with E-state index in [2.05, 4.69) is 39.2 Å². The zero-order chi connectivity index (χ0) is 21.1. The van der Waals surface area contributed by atoms with Gasteiger partial charge in [0, 0.05) is 56.7 Å². The van der Waals surface area contributed by atoms with E-state index in [0.29, 0.717) is 44.6 Å². The summed E-state index contributed by atoms with van der Waals surface area (Å²) in [6, 6.07) is 10.2. The van der Waals surface area contributed by atoms with E-state index < -0.39 is 0 Å². The number of carbonyl (C=O) groups excluding carboxylic acids is 2. The van der Waals surface area contributed by atoms with Gasteiger partial charge in [-0.15, -0.1) is 0 Å². The number of aryl methyl sites for hydroxylation is 2. The Labute approximate surface area is 177 Å². The molecule has 1 aromatic carbocycles. The summed E-state index contributed by atoms with van der Waals surface area (Å²) in [4.78, 5) is 37.5. The van der Waals surface area contributed by atoms with Crippen LogP contribution in [0.25, 0.3) is 0 Å². The highest BCUT2D eigenvalue weighted by molar-refractivity contribution is 5.84. The van der Waals surface area contributed by atoms with Gasteiger partial charge in [0.05, 0.1) is 0 Å². The highest BCUT2D eigenvalue weighted by atomic mass is 16.2. The van der Waals surface area contributed by atoms with Gasteiger partial charge < -0.3 is 15.1 Å². The third-order valence-electron chi connectivity index (χ3n) is 5.96. The summed E-state index contributed by atoms with van der Waals surface area (Å²) in [6.07, 6.45) is 2.51. The maximum atomic E-state index is 12.8. The van der Waals surface area contributed by atoms with Crippen LogP contribution in [0, 0.1) is 19.8 Å². The molecule has 2 fully saturated rings. The van der Waals surface area contributed by atoms with Gasteiger partial charge in [0.25, 0.3) is 0 Å². The first-order chi connectivity index (χ1) is 14.5. The number of Topliss-reactive ketones (excluding diaryl/α,β-unsaturated/α-hetero) is 1. The number of anilines is 3. The Hall–Kier alpha value is -2.96. The van der Waals surface area contributed by atoms with Gasteiger partial charge in [-0.25, -0.2) is 9.97 Å². The molecule has 0 atom stereocenters. The van der Waals surface area contributed by atoms with Crippen molar-refractivity contribution in [1.82, 2.24) is 14.9 Å². The van der Waals surface area contributed by atoms with Crippen LogP contribution < -0.4 is 10.2 Å². The summed E-state index contributed by atoms with van der Waals surface area (Å²) in [7, 11) is 0. The zero-order valence-corrected chi connectivity index (χ0v) is 17.7. The molecule has 158 valence electrons. The number of nitrogens with zero attached hydrogens (tertiary/aromatic N) is 4. The van der Waals surface area contributed by atoms with Crippen molar-refractivity contribution in [2.75, 3.05) is 36.4 Å². The molecule has 2 aromatic rings. The Balaban J connectivity index is 1.38. The first kappa shape index (κ1) is 20.3. The molecule has 0 bridgehead atoms.